The van der Waals surface area contributed by atoms with Crippen molar-refractivity contribution in [2.75, 3.05) is 6.61 Å². The largest absolute Gasteiger partial charge is 0.481 e. The molecule has 14 heavy (non-hydrogen) atoms. The van der Waals surface area contributed by atoms with Crippen molar-refractivity contribution in [3.05, 3.63) is 0 Å². The van der Waals surface area contributed by atoms with E-state index < -0.39 is 11.4 Å². The number of carboxylic acids is 1. The number of hydrogen-bond acceptors (Lipinski definition) is 2. The van der Waals surface area contributed by atoms with Crippen molar-refractivity contribution in [2.24, 2.45) is 5.41 Å². The molecule has 1 aliphatic carbocycles. The van der Waals surface area contributed by atoms with Gasteiger partial charge in [-0.15, -0.1) is 0 Å². The minimum Gasteiger partial charge on any atom is -0.481 e. The third-order valence-corrected chi connectivity index (χ3v) is 2.96. The summed E-state index contributed by atoms with van der Waals surface area (Å²) in [6.07, 6.45) is 4.87. The minimum atomic E-state index is -0.683. The Morgan fingerprint density at radius 1 is 1.36 bits per heavy atom. The second-order valence-electron chi connectivity index (χ2n) is 4.51. The number of carboxylic acid groups (broad SMARTS) is 1. The summed E-state index contributed by atoms with van der Waals surface area (Å²) >= 11 is 0. The summed E-state index contributed by atoms with van der Waals surface area (Å²) in [6.45, 7) is 4.26. The van der Waals surface area contributed by atoms with Gasteiger partial charge < -0.3 is 9.84 Å². The van der Waals surface area contributed by atoms with E-state index in [0.29, 0.717) is 6.61 Å². The molecule has 1 rings (SSSR count). The molecule has 0 amide bonds. The van der Waals surface area contributed by atoms with Crippen LogP contribution in [0.3, 0.4) is 0 Å². The van der Waals surface area contributed by atoms with Crippen molar-refractivity contribution in [2.45, 2.75) is 52.1 Å². The first-order valence-electron chi connectivity index (χ1n) is 5.42. The van der Waals surface area contributed by atoms with Crippen LogP contribution in [0.25, 0.3) is 0 Å². The van der Waals surface area contributed by atoms with Crippen LogP contribution in [0, 0.1) is 5.41 Å². The molecule has 1 fully saturated rings. The smallest absolute Gasteiger partial charge is 0.311 e. The van der Waals surface area contributed by atoms with Crippen LogP contribution in [0.4, 0.5) is 0 Å². The van der Waals surface area contributed by atoms with Crippen molar-refractivity contribution >= 4 is 5.97 Å². The van der Waals surface area contributed by atoms with Gasteiger partial charge >= 0.3 is 5.97 Å². The molecule has 82 valence electrons. The van der Waals surface area contributed by atoms with E-state index >= 15 is 0 Å². The molecule has 1 N–H and O–H groups in total. The molecule has 0 aromatic rings. The Labute approximate surface area is 85.5 Å². The predicted molar refractivity (Wildman–Crippen MR) is 54.2 cm³/mol. The van der Waals surface area contributed by atoms with Crippen LogP contribution in [0.1, 0.15) is 46.0 Å². The highest BCUT2D eigenvalue weighted by atomic mass is 16.5. The average molecular weight is 200 g/mol. The fourth-order valence-electron chi connectivity index (χ4n) is 1.97. The van der Waals surface area contributed by atoms with Crippen LogP contribution in [-0.4, -0.2) is 23.8 Å². The van der Waals surface area contributed by atoms with Gasteiger partial charge in [-0.25, -0.2) is 0 Å². The molecule has 0 unspecified atom stereocenters. The van der Waals surface area contributed by atoms with E-state index in [1.54, 1.807) is 0 Å². The lowest BCUT2D eigenvalue weighted by Gasteiger charge is -2.33. The summed E-state index contributed by atoms with van der Waals surface area (Å²) in [4.78, 5) is 11.2. The molecule has 3 nitrogen and oxygen atoms in total. The molecule has 1 aliphatic rings. The molecule has 1 saturated carbocycles. The molecule has 0 radical (unpaired) electrons. The molecular weight excluding hydrogens is 180 g/mol. The molecule has 0 atom stereocenters. The van der Waals surface area contributed by atoms with Crippen LogP contribution < -0.4 is 0 Å². The maximum Gasteiger partial charge on any atom is 0.311 e. The van der Waals surface area contributed by atoms with Gasteiger partial charge in [0.05, 0.1) is 18.1 Å². The van der Waals surface area contributed by atoms with E-state index in [0.717, 1.165) is 32.1 Å². The number of hydrogen-bond donors (Lipinski definition) is 1. The van der Waals surface area contributed by atoms with Crippen LogP contribution in [0.15, 0.2) is 0 Å². The van der Waals surface area contributed by atoms with Gasteiger partial charge in [0, 0.05) is 0 Å². The van der Waals surface area contributed by atoms with Gasteiger partial charge in [0.1, 0.15) is 0 Å². The zero-order chi connectivity index (χ0) is 10.6. The zero-order valence-corrected chi connectivity index (χ0v) is 9.08. The molecule has 0 spiro atoms. The number of rotatable bonds is 4. The van der Waals surface area contributed by atoms with Crippen LogP contribution in [-0.2, 0) is 9.53 Å². The van der Waals surface area contributed by atoms with E-state index in [1.165, 1.54) is 0 Å². The lowest BCUT2D eigenvalue weighted by Crippen LogP contribution is -2.38. The number of aliphatic carboxylic acids is 1. The van der Waals surface area contributed by atoms with E-state index in [1.807, 2.05) is 13.8 Å². The summed E-state index contributed by atoms with van der Waals surface area (Å²) in [7, 11) is 0. The topological polar surface area (TPSA) is 46.5 Å². The van der Waals surface area contributed by atoms with E-state index in [-0.39, 0.29) is 6.10 Å². The van der Waals surface area contributed by atoms with Gasteiger partial charge in [0.25, 0.3) is 0 Å². The van der Waals surface area contributed by atoms with Gasteiger partial charge in [-0.05, 0) is 26.7 Å². The van der Waals surface area contributed by atoms with Crippen molar-refractivity contribution in [3.63, 3.8) is 0 Å². The summed E-state index contributed by atoms with van der Waals surface area (Å²) in [5, 5.41) is 9.22. The molecule has 0 saturated heterocycles. The van der Waals surface area contributed by atoms with Crippen LogP contribution in [0.5, 0.6) is 0 Å². The summed E-state index contributed by atoms with van der Waals surface area (Å²) in [5.74, 6) is -0.683. The summed E-state index contributed by atoms with van der Waals surface area (Å²) in [5.41, 5.74) is -0.595. The molecule has 0 aliphatic heterocycles. The Bertz CT molecular complexity index is 193. The average Bonchev–Trinajstić information content (AvgIpc) is 2.16. The Morgan fingerprint density at radius 2 is 1.93 bits per heavy atom. The minimum absolute atomic E-state index is 0.119. The quantitative estimate of drug-likeness (QED) is 0.758. The van der Waals surface area contributed by atoms with Crippen molar-refractivity contribution < 1.29 is 14.6 Å². The third kappa shape index (κ3) is 2.71. The van der Waals surface area contributed by atoms with Gasteiger partial charge in [-0.2, -0.15) is 0 Å². The molecule has 0 aromatic carbocycles. The lowest BCUT2D eigenvalue weighted by molar-refractivity contribution is -0.157. The first-order chi connectivity index (χ1) is 6.57. The Morgan fingerprint density at radius 3 is 2.36 bits per heavy atom. The van der Waals surface area contributed by atoms with Gasteiger partial charge in [0.15, 0.2) is 0 Å². The monoisotopic (exact) mass is 200 g/mol. The fraction of sp³-hybridized carbons (Fsp3) is 0.909. The van der Waals surface area contributed by atoms with Gasteiger partial charge in [-0.3, -0.25) is 4.79 Å². The molecule has 0 aromatic heterocycles. The molecular formula is C11H20O3. The molecule has 0 bridgehead atoms. The Balaban J connectivity index is 2.56. The van der Waals surface area contributed by atoms with Crippen LogP contribution >= 0.6 is 0 Å². The third-order valence-electron chi connectivity index (χ3n) is 2.96. The highest BCUT2D eigenvalue weighted by Gasteiger charge is 2.39. The first kappa shape index (κ1) is 11.5. The van der Waals surface area contributed by atoms with E-state index in [2.05, 4.69) is 0 Å². The van der Waals surface area contributed by atoms with Crippen LogP contribution in [0.2, 0.25) is 0 Å². The predicted octanol–water partition coefficient (Wildman–Crippen LogP) is 2.45. The molecule has 3 heteroatoms. The Kier molecular flexibility index (Phi) is 3.93. The summed E-state index contributed by atoms with van der Waals surface area (Å²) in [6, 6.07) is 0. The number of ether oxygens (including phenoxy) is 1. The normalized spacial score (nSPS) is 21.1. The highest BCUT2D eigenvalue weighted by molar-refractivity contribution is 5.74. The second kappa shape index (κ2) is 4.78. The standard InChI is InChI=1S/C11H20O3/c1-9(2)14-8-11(10(12)13)6-4-3-5-7-11/h9H,3-8H2,1-2H3,(H,12,13). The summed E-state index contributed by atoms with van der Waals surface area (Å²) < 4.78 is 5.47. The maximum absolute atomic E-state index is 11.2. The maximum atomic E-state index is 11.2. The zero-order valence-electron chi connectivity index (χ0n) is 9.08. The second-order valence-corrected chi connectivity index (χ2v) is 4.51. The molecule has 0 heterocycles. The number of carbonyl (C=O) groups is 1. The van der Waals surface area contributed by atoms with Crippen molar-refractivity contribution in [1.82, 2.24) is 0 Å². The first-order valence-corrected chi connectivity index (χ1v) is 5.42. The lowest BCUT2D eigenvalue weighted by atomic mass is 9.75. The Hall–Kier alpha value is -0.570. The van der Waals surface area contributed by atoms with E-state index in [9.17, 15) is 9.90 Å². The van der Waals surface area contributed by atoms with Gasteiger partial charge in [0.2, 0.25) is 0 Å². The van der Waals surface area contributed by atoms with Crippen molar-refractivity contribution in [3.8, 4) is 0 Å². The van der Waals surface area contributed by atoms with Crippen molar-refractivity contribution in [1.29, 1.82) is 0 Å². The van der Waals surface area contributed by atoms with Gasteiger partial charge in [-0.1, -0.05) is 19.3 Å². The fourth-order valence-corrected chi connectivity index (χ4v) is 1.97. The SMILES string of the molecule is CC(C)OCC1(C(=O)O)CCCCC1. The highest BCUT2D eigenvalue weighted by Crippen LogP contribution is 2.37. The van der Waals surface area contributed by atoms with E-state index in [4.69, 9.17) is 4.74 Å².